The van der Waals surface area contributed by atoms with E-state index in [4.69, 9.17) is 0 Å². The lowest BCUT2D eigenvalue weighted by Gasteiger charge is -2.18. The molecular weight excluding hydrogens is 312 g/mol. The molecule has 0 bridgehead atoms. The quantitative estimate of drug-likeness (QED) is 0.850. The van der Waals surface area contributed by atoms with E-state index in [2.05, 4.69) is 31.3 Å². The van der Waals surface area contributed by atoms with E-state index in [1.165, 1.54) is 5.56 Å². The van der Waals surface area contributed by atoms with Gasteiger partial charge in [-0.3, -0.25) is 9.59 Å². The van der Waals surface area contributed by atoms with Crippen LogP contribution < -0.4 is 10.2 Å². The molecule has 4 nitrogen and oxygen atoms in total. The highest BCUT2D eigenvalue weighted by Gasteiger charge is 2.37. The molecule has 0 radical (unpaired) electrons. The Morgan fingerprint density at radius 2 is 1.80 bits per heavy atom. The molecule has 2 aromatic rings. The van der Waals surface area contributed by atoms with E-state index in [9.17, 15) is 9.59 Å². The molecule has 0 spiro atoms. The topological polar surface area (TPSA) is 49.4 Å². The van der Waals surface area contributed by atoms with E-state index in [0.717, 1.165) is 11.3 Å². The maximum Gasteiger partial charge on any atom is 0.239 e. The monoisotopic (exact) mass is 336 g/mol. The first kappa shape index (κ1) is 17.2. The largest absolute Gasteiger partial charge is 0.351 e. The molecule has 25 heavy (non-hydrogen) atoms. The maximum absolute atomic E-state index is 12.6. The highest BCUT2D eigenvalue weighted by molar-refractivity contribution is 6.09. The van der Waals surface area contributed by atoms with Crippen molar-refractivity contribution in [3.63, 3.8) is 0 Å². The minimum Gasteiger partial charge on any atom is -0.351 e. The Labute approximate surface area is 148 Å². The predicted octanol–water partition coefficient (Wildman–Crippen LogP) is 3.48. The van der Waals surface area contributed by atoms with Crippen molar-refractivity contribution in [2.24, 2.45) is 5.92 Å². The molecule has 0 aromatic heterocycles. The molecule has 1 unspecified atom stereocenters. The molecule has 3 rings (SSSR count). The van der Waals surface area contributed by atoms with Crippen LogP contribution in [0.4, 0.5) is 5.69 Å². The van der Waals surface area contributed by atoms with Crippen LogP contribution in [0.3, 0.4) is 0 Å². The van der Waals surface area contributed by atoms with Crippen LogP contribution in [-0.4, -0.2) is 18.4 Å². The van der Waals surface area contributed by atoms with Crippen molar-refractivity contribution in [1.82, 2.24) is 5.32 Å². The van der Waals surface area contributed by atoms with E-state index in [1.54, 1.807) is 4.90 Å². The minimum absolute atomic E-state index is 0.108. The third-order valence-electron chi connectivity index (χ3n) is 4.70. The predicted molar refractivity (Wildman–Crippen MR) is 99.3 cm³/mol. The van der Waals surface area contributed by atoms with E-state index >= 15 is 0 Å². The second kappa shape index (κ2) is 7.51. The Morgan fingerprint density at radius 1 is 1.12 bits per heavy atom. The number of amides is 2. The Morgan fingerprint density at radius 3 is 2.44 bits per heavy atom. The molecule has 130 valence electrons. The lowest BCUT2D eigenvalue weighted by Crippen LogP contribution is -2.36. The van der Waals surface area contributed by atoms with Crippen LogP contribution in [0.5, 0.6) is 0 Å². The number of hydrogen-bond donors (Lipinski definition) is 1. The fourth-order valence-corrected chi connectivity index (χ4v) is 3.13. The summed E-state index contributed by atoms with van der Waals surface area (Å²) in [6, 6.07) is 17.8. The van der Waals surface area contributed by atoms with Crippen molar-refractivity contribution in [3.8, 4) is 0 Å². The van der Waals surface area contributed by atoms with Gasteiger partial charge in [0.2, 0.25) is 11.8 Å². The van der Waals surface area contributed by atoms with Gasteiger partial charge in [-0.25, -0.2) is 0 Å². The van der Waals surface area contributed by atoms with Crippen molar-refractivity contribution in [1.29, 1.82) is 0 Å². The number of hydrogen-bond acceptors (Lipinski definition) is 2. The number of carbonyl (C=O) groups is 2. The average Bonchev–Trinajstić information content (AvgIpc) is 3.02. The van der Waals surface area contributed by atoms with Crippen LogP contribution >= 0.6 is 0 Å². The SMILES string of the molecule is CC(C)c1ccc(N2CCC(C(=O)NCc3ccccc3)C2=O)cc1. The second-order valence-electron chi connectivity index (χ2n) is 6.78. The summed E-state index contributed by atoms with van der Waals surface area (Å²) < 4.78 is 0. The Kier molecular flexibility index (Phi) is 5.17. The normalized spacial score (nSPS) is 17.2. The van der Waals surface area contributed by atoms with Gasteiger partial charge in [0.1, 0.15) is 5.92 Å². The molecule has 4 heteroatoms. The van der Waals surface area contributed by atoms with Crippen molar-refractivity contribution in [2.45, 2.75) is 32.7 Å². The van der Waals surface area contributed by atoms with Crippen LogP contribution in [0, 0.1) is 5.92 Å². The van der Waals surface area contributed by atoms with Crippen molar-refractivity contribution in [2.75, 3.05) is 11.4 Å². The summed E-state index contributed by atoms with van der Waals surface area (Å²) in [5, 5.41) is 2.88. The van der Waals surface area contributed by atoms with Gasteiger partial charge in [0, 0.05) is 18.8 Å². The van der Waals surface area contributed by atoms with E-state index in [-0.39, 0.29) is 11.8 Å². The zero-order valence-electron chi connectivity index (χ0n) is 14.7. The Hall–Kier alpha value is -2.62. The van der Waals surface area contributed by atoms with Gasteiger partial charge in [-0.2, -0.15) is 0 Å². The molecule has 0 saturated carbocycles. The van der Waals surface area contributed by atoms with Crippen LogP contribution in [0.2, 0.25) is 0 Å². The number of carbonyl (C=O) groups excluding carboxylic acids is 2. The summed E-state index contributed by atoms with van der Waals surface area (Å²) in [6.07, 6.45) is 0.561. The van der Waals surface area contributed by atoms with Gasteiger partial charge in [-0.15, -0.1) is 0 Å². The lowest BCUT2D eigenvalue weighted by molar-refractivity contribution is -0.132. The van der Waals surface area contributed by atoms with Crippen LogP contribution in [0.15, 0.2) is 54.6 Å². The van der Waals surface area contributed by atoms with Crippen LogP contribution in [0.1, 0.15) is 37.3 Å². The average molecular weight is 336 g/mol. The molecule has 1 aliphatic rings. The van der Waals surface area contributed by atoms with Crippen LogP contribution in [-0.2, 0) is 16.1 Å². The molecule has 0 aliphatic carbocycles. The van der Waals surface area contributed by atoms with Crippen molar-refractivity contribution < 1.29 is 9.59 Å². The summed E-state index contributed by atoms with van der Waals surface area (Å²) in [6.45, 7) is 5.32. The molecule has 1 aliphatic heterocycles. The summed E-state index contributed by atoms with van der Waals surface area (Å²) >= 11 is 0. The molecule has 1 heterocycles. The third kappa shape index (κ3) is 3.90. The molecule has 1 N–H and O–H groups in total. The summed E-state index contributed by atoms with van der Waals surface area (Å²) in [4.78, 5) is 26.8. The van der Waals surface area contributed by atoms with Gasteiger partial charge >= 0.3 is 0 Å². The minimum atomic E-state index is -0.589. The number of nitrogens with zero attached hydrogens (tertiary/aromatic N) is 1. The van der Waals surface area contributed by atoms with E-state index < -0.39 is 5.92 Å². The Bertz CT molecular complexity index is 738. The fourth-order valence-electron chi connectivity index (χ4n) is 3.13. The van der Waals surface area contributed by atoms with Gasteiger partial charge in [0.05, 0.1) is 0 Å². The lowest BCUT2D eigenvalue weighted by atomic mass is 10.0. The standard InChI is InChI=1S/C21H24N2O2/c1-15(2)17-8-10-18(11-9-17)23-13-12-19(21(23)25)20(24)22-14-16-6-4-3-5-7-16/h3-11,15,19H,12-14H2,1-2H3,(H,22,24). The molecule has 2 aromatic carbocycles. The number of benzene rings is 2. The first-order valence-electron chi connectivity index (χ1n) is 8.79. The van der Waals surface area contributed by atoms with Crippen molar-refractivity contribution in [3.05, 3.63) is 65.7 Å². The molecule has 2 amide bonds. The zero-order valence-corrected chi connectivity index (χ0v) is 14.7. The smallest absolute Gasteiger partial charge is 0.239 e. The van der Waals surface area contributed by atoms with Gasteiger partial charge in [0.25, 0.3) is 0 Å². The highest BCUT2D eigenvalue weighted by Crippen LogP contribution is 2.27. The highest BCUT2D eigenvalue weighted by atomic mass is 16.2. The summed E-state index contributed by atoms with van der Waals surface area (Å²) in [5.74, 6) is -0.425. The Balaban J connectivity index is 1.62. The number of anilines is 1. The second-order valence-corrected chi connectivity index (χ2v) is 6.78. The van der Waals surface area contributed by atoms with Gasteiger partial charge < -0.3 is 10.2 Å². The van der Waals surface area contributed by atoms with Crippen LogP contribution in [0.25, 0.3) is 0 Å². The van der Waals surface area contributed by atoms with Gasteiger partial charge in [0.15, 0.2) is 0 Å². The molecular formula is C21H24N2O2. The molecule has 1 atom stereocenters. The van der Waals surface area contributed by atoms with E-state index in [1.807, 2.05) is 42.5 Å². The number of rotatable bonds is 5. The van der Waals surface area contributed by atoms with Crippen molar-refractivity contribution >= 4 is 17.5 Å². The summed E-state index contributed by atoms with van der Waals surface area (Å²) in [7, 11) is 0. The third-order valence-corrected chi connectivity index (χ3v) is 4.70. The van der Waals surface area contributed by atoms with Gasteiger partial charge in [-0.05, 0) is 35.6 Å². The first-order valence-corrected chi connectivity index (χ1v) is 8.79. The zero-order chi connectivity index (χ0) is 17.8. The first-order chi connectivity index (χ1) is 12.1. The number of nitrogens with one attached hydrogen (secondary N) is 1. The maximum atomic E-state index is 12.6. The fraction of sp³-hybridized carbons (Fsp3) is 0.333. The van der Waals surface area contributed by atoms with Gasteiger partial charge in [-0.1, -0.05) is 56.3 Å². The van der Waals surface area contributed by atoms with E-state index in [0.29, 0.717) is 25.4 Å². The summed E-state index contributed by atoms with van der Waals surface area (Å²) in [5.41, 5.74) is 3.14. The molecule has 1 saturated heterocycles. The molecule has 1 fully saturated rings.